The lowest BCUT2D eigenvalue weighted by Gasteiger charge is -2.18. The first-order valence-corrected chi connectivity index (χ1v) is 13.8. The molecule has 0 saturated carbocycles. The zero-order valence-corrected chi connectivity index (χ0v) is 17.0. The van der Waals surface area contributed by atoms with Crippen molar-refractivity contribution in [1.82, 2.24) is 0 Å². The van der Waals surface area contributed by atoms with Crippen LogP contribution in [0, 0.1) is 5.82 Å². The average molecular weight is 419 g/mol. The minimum absolute atomic E-state index is 0.0811. The van der Waals surface area contributed by atoms with Crippen LogP contribution in [0.1, 0.15) is 22.5 Å². The van der Waals surface area contributed by atoms with E-state index in [1.807, 2.05) is 36.4 Å². The van der Waals surface area contributed by atoms with Gasteiger partial charge in [0.15, 0.2) is 4.67 Å². The van der Waals surface area contributed by atoms with Gasteiger partial charge in [-0.15, -0.1) is 0 Å². The summed E-state index contributed by atoms with van der Waals surface area (Å²) in [5.41, 5.74) is 2.36. The highest BCUT2D eigenvalue weighted by atomic mass is 33.2. The summed E-state index contributed by atoms with van der Waals surface area (Å²) in [6, 6.07) is 27.1. The van der Waals surface area contributed by atoms with E-state index in [9.17, 15) is 4.39 Å². The van der Waals surface area contributed by atoms with E-state index < -0.39 is 4.67 Å². The first kappa shape index (κ1) is 18.3. The molecule has 0 radical (unpaired) electrons. The van der Waals surface area contributed by atoms with E-state index in [-0.39, 0.29) is 17.2 Å². The van der Waals surface area contributed by atoms with Gasteiger partial charge in [-0.3, -0.25) is 0 Å². The van der Waals surface area contributed by atoms with Crippen molar-refractivity contribution in [2.75, 3.05) is 0 Å². The van der Waals surface area contributed by atoms with Crippen molar-refractivity contribution in [2.24, 2.45) is 0 Å². The molecule has 6 heteroatoms. The van der Waals surface area contributed by atoms with Crippen LogP contribution < -0.4 is 0 Å². The molecule has 1 heterocycles. The van der Waals surface area contributed by atoms with Crippen LogP contribution >= 0.6 is 27.4 Å². The number of hydrogen-bond acceptors (Lipinski definition) is 4. The Labute approximate surface area is 165 Å². The van der Waals surface area contributed by atoms with Crippen LogP contribution in [0.25, 0.3) is 0 Å². The Kier molecular flexibility index (Phi) is 5.53. The topological polar surface area (TPSA) is 9.23 Å². The normalized spacial score (nSPS) is 25.3. The van der Waals surface area contributed by atoms with Gasteiger partial charge in [0.2, 0.25) is 0 Å². The van der Waals surface area contributed by atoms with Crippen LogP contribution in [-0.4, -0.2) is 0 Å². The molecule has 0 N–H and O–H groups in total. The highest BCUT2D eigenvalue weighted by molar-refractivity contribution is 8.99. The summed E-state index contributed by atoms with van der Waals surface area (Å²) in [6.07, 6.45) is -0.0811. The summed E-state index contributed by atoms with van der Waals surface area (Å²) in [5, 5.41) is 0.150. The number of benzene rings is 3. The van der Waals surface area contributed by atoms with E-state index in [1.54, 1.807) is 34.9 Å². The molecule has 4 rings (SSSR count). The lowest BCUT2D eigenvalue weighted by molar-refractivity contribution is 0.247. The van der Waals surface area contributed by atoms with Crippen LogP contribution in [0.4, 0.5) is 4.39 Å². The van der Waals surface area contributed by atoms with E-state index in [0.717, 1.165) is 10.5 Å². The lowest BCUT2D eigenvalue weighted by Crippen LogP contribution is -2.04. The van der Waals surface area contributed by atoms with Crippen LogP contribution in [0.3, 0.4) is 0 Å². The van der Waals surface area contributed by atoms with Crippen molar-refractivity contribution < 1.29 is 8.91 Å². The molecule has 1 fully saturated rings. The summed E-state index contributed by atoms with van der Waals surface area (Å²) < 4.78 is 17.5. The lowest BCUT2D eigenvalue weighted by atomic mass is 10.0. The molecular formula is C20H16FOPS3. The minimum atomic E-state index is -2.21. The predicted octanol–water partition coefficient (Wildman–Crippen LogP) is 7.39. The van der Waals surface area contributed by atoms with Crippen molar-refractivity contribution in [3.63, 3.8) is 0 Å². The molecule has 0 spiro atoms. The Bertz CT molecular complexity index is 867. The van der Waals surface area contributed by atoms with Gasteiger partial charge in [-0.05, 0) is 47.2 Å². The van der Waals surface area contributed by atoms with Gasteiger partial charge in [0, 0.05) is 4.90 Å². The van der Waals surface area contributed by atoms with Crippen LogP contribution in [0.2, 0.25) is 0 Å². The SMILES string of the molecule is Fc1ccc(SP2(=S)O[C@H](c3ccccc3)[C@H](c3ccccc3)S2)cc1. The Balaban J connectivity index is 1.66. The predicted molar refractivity (Wildman–Crippen MR) is 114 cm³/mol. The van der Waals surface area contributed by atoms with E-state index >= 15 is 0 Å². The van der Waals surface area contributed by atoms with Crippen LogP contribution in [0.15, 0.2) is 89.8 Å². The van der Waals surface area contributed by atoms with E-state index in [2.05, 4.69) is 24.3 Å². The van der Waals surface area contributed by atoms with Gasteiger partial charge in [-0.25, -0.2) is 4.39 Å². The molecule has 1 saturated heterocycles. The highest BCUT2D eigenvalue weighted by Gasteiger charge is 2.43. The molecule has 26 heavy (non-hydrogen) atoms. The van der Waals surface area contributed by atoms with Crippen molar-refractivity contribution >= 4 is 39.2 Å². The minimum Gasteiger partial charge on any atom is -0.324 e. The molecule has 0 aliphatic carbocycles. The van der Waals surface area contributed by atoms with Gasteiger partial charge < -0.3 is 4.52 Å². The van der Waals surface area contributed by atoms with Gasteiger partial charge in [-0.2, -0.15) is 0 Å². The summed E-state index contributed by atoms with van der Waals surface area (Å²) in [6.45, 7) is 0. The van der Waals surface area contributed by atoms with Gasteiger partial charge in [0.25, 0.3) is 0 Å². The first-order valence-electron chi connectivity index (χ1n) is 8.15. The molecule has 1 unspecified atom stereocenters. The maximum atomic E-state index is 13.2. The maximum Gasteiger partial charge on any atom is 0.180 e. The second-order valence-corrected chi connectivity index (χ2v) is 16.2. The molecule has 0 bridgehead atoms. The second-order valence-electron chi connectivity index (χ2n) is 5.87. The third-order valence-corrected chi connectivity index (χ3v) is 12.7. The first-order chi connectivity index (χ1) is 12.6. The molecule has 1 nitrogen and oxygen atoms in total. The summed E-state index contributed by atoms with van der Waals surface area (Å²) in [7, 11) is 0. The fourth-order valence-electron chi connectivity index (χ4n) is 2.84. The van der Waals surface area contributed by atoms with E-state index in [4.69, 9.17) is 16.3 Å². The molecule has 3 aromatic carbocycles. The quantitative estimate of drug-likeness (QED) is 0.408. The molecule has 3 aromatic rings. The second kappa shape index (κ2) is 7.87. The Morgan fingerprint density at radius 1 is 0.846 bits per heavy atom. The van der Waals surface area contributed by atoms with Crippen LogP contribution in [-0.2, 0) is 16.3 Å². The molecule has 1 aliphatic rings. The number of hydrogen-bond donors (Lipinski definition) is 0. The molecule has 3 atom stereocenters. The zero-order valence-electron chi connectivity index (χ0n) is 13.7. The molecule has 0 amide bonds. The van der Waals surface area contributed by atoms with E-state index in [1.165, 1.54) is 17.7 Å². The third kappa shape index (κ3) is 4.08. The standard InChI is InChI=1S/C20H16FOPS3/c21-17-11-13-18(14-12-17)25-23(24)22-19(15-7-3-1-4-8-15)20(26-23)16-9-5-2-6-10-16/h1-14,19-20H/t19-,20+,23?/m1/s1. The van der Waals surface area contributed by atoms with E-state index in [0.29, 0.717) is 0 Å². The van der Waals surface area contributed by atoms with Crippen molar-refractivity contribution in [3.8, 4) is 0 Å². The molecular weight excluding hydrogens is 402 g/mol. The molecule has 0 aromatic heterocycles. The largest absolute Gasteiger partial charge is 0.324 e. The van der Waals surface area contributed by atoms with Crippen molar-refractivity contribution in [3.05, 3.63) is 102 Å². The summed E-state index contributed by atoms with van der Waals surface area (Å²) in [4.78, 5) is 0.947. The number of halogens is 1. The molecule has 1 aliphatic heterocycles. The van der Waals surface area contributed by atoms with Crippen molar-refractivity contribution in [1.29, 1.82) is 0 Å². The van der Waals surface area contributed by atoms with Crippen molar-refractivity contribution in [2.45, 2.75) is 16.2 Å². The smallest absolute Gasteiger partial charge is 0.180 e. The van der Waals surface area contributed by atoms with Gasteiger partial charge in [0.05, 0.1) is 5.25 Å². The average Bonchev–Trinajstić information content (AvgIpc) is 3.03. The van der Waals surface area contributed by atoms with Gasteiger partial charge in [-0.1, -0.05) is 83.4 Å². The fraction of sp³-hybridized carbons (Fsp3) is 0.100. The maximum absolute atomic E-state index is 13.2. The summed E-state index contributed by atoms with van der Waals surface area (Å²) >= 11 is 9.26. The molecule has 132 valence electrons. The van der Waals surface area contributed by atoms with Crippen LogP contribution in [0.5, 0.6) is 0 Å². The fourth-order valence-corrected chi connectivity index (χ4v) is 12.5. The number of rotatable bonds is 4. The third-order valence-electron chi connectivity index (χ3n) is 4.05. The van der Waals surface area contributed by atoms with Gasteiger partial charge >= 0.3 is 0 Å². The monoisotopic (exact) mass is 418 g/mol. The summed E-state index contributed by atoms with van der Waals surface area (Å²) in [5.74, 6) is -0.240. The Hall–Kier alpha value is -1.10. The zero-order chi connectivity index (χ0) is 18.0. The Morgan fingerprint density at radius 2 is 1.42 bits per heavy atom. The highest BCUT2D eigenvalue weighted by Crippen LogP contribution is 2.83. The van der Waals surface area contributed by atoms with Gasteiger partial charge in [0.1, 0.15) is 11.9 Å². The Morgan fingerprint density at radius 3 is 2.04 bits per heavy atom.